The van der Waals surface area contributed by atoms with Gasteiger partial charge in [-0.3, -0.25) is 0 Å². The molecule has 0 aliphatic carbocycles. The Morgan fingerprint density at radius 2 is 1.52 bits per heavy atom. The molecule has 2 aromatic rings. The minimum absolute atomic E-state index is 0.773. The maximum Gasteiger partial charge on any atom is 0.122 e. The Morgan fingerprint density at radius 1 is 0.857 bits per heavy atom. The van der Waals surface area contributed by atoms with Crippen LogP contribution in [-0.4, -0.2) is 11.9 Å². The van der Waals surface area contributed by atoms with E-state index in [1.54, 1.807) is 0 Å². The first-order chi connectivity index (χ1) is 10.3. The summed E-state index contributed by atoms with van der Waals surface area (Å²) in [4.78, 5) is 0. The lowest BCUT2D eigenvalue weighted by atomic mass is 10.0. The van der Waals surface area contributed by atoms with E-state index in [1.807, 2.05) is 24.3 Å². The van der Waals surface area contributed by atoms with Crippen molar-refractivity contribution in [3.8, 4) is 5.75 Å². The highest BCUT2D eigenvalue weighted by atomic mass is 79.9. The van der Waals surface area contributed by atoms with Crippen molar-refractivity contribution < 1.29 is 4.74 Å². The molecule has 2 aromatic carbocycles. The Morgan fingerprint density at radius 3 is 2.29 bits per heavy atom. The zero-order chi connectivity index (χ0) is 14.9. The van der Waals surface area contributed by atoms with Crippen molar-refractivity contribution in [1.82, 2.24) is 0 Å². The molecule has 0 aliphatic heterocycles. The van der Waals surface area contributed by atoms with Gasteiger partial charge in [-0.1, -0.05) is 63.9 Å². The molecule has 0 saturated carbocycles. The van der Waals surface area contributed by atoms with Gasteiger partial charge in [-0.15, -0.1) is 0 Å². The van der Waals surface area contributed by atoms with E-state index < -0.39 is 0 Å². The third-order valence-electron chi connectivity index (χ3n) is 3.38. The third-order valence-corrected chi connectivity index (χ3v) is 4.31. The summed E-state index contributed by atoms with van der Waals surface area (Å²) in [6, 6.07) is 16.3. The molecule has 0 N–H and O–H groups in total. The lowest BCUT2D eigenvalue weighted by molar-refractivity contribution is 0.307. The number of benzene rings is 2. The van der Waals surface area contributed by atoms with Crippen molar-refractivity contribution in [1.29, 1.82) is 0 Å². The van der Waals surface area contributed by atoms with Gasteiger partial charge in [0.05, 0.1) is 6.61 Å². The average Bonchev–Trinajstić information content (AvgIpc) is 2.52. The van der Waals surface area contributed by atoms with Crippen LogP contribution in [0.4, 0.5) is 0 Å². The monoisotopic (exact) mass is 366 g/mol. The number of halogens is 2. The first-order valence-corrected chi connectivity index (χ1v) is 8.81. The molecule has 0 bridgehead atoms. The number of hydrogen-bond acceptors (Lipinski definition) is 1. The van der Waals surface area contributed by atoms with E-state index in [1.165, 1.54) is 11.1 Å². The van der Waals surface area contributed by atoms with Gasteiger partial charge in [-0.2, -0.15) is 0 Å². The number of para-hydroxylation sites is 1. The topological polar surface area (TPSA) is 9.23 Å². The minimum Gasteiger partial charge on any atom is -0.493 e. The Hall–Kier alpha value is -0.990. The summed E-state index contributed by atoms with van der Waals surface area (Å²) in [5.41, 5.74) is 2.43. The van der Waals surface area contributed by atoms with Crippen LogP contribution in [0.25, 0.3) is 0 Å². The summed E-state index contributed by atoms with van der Waals surface area (Å²) in [5, 5.41) is 1.87. The van der Waals surface area contributed by atoms with Gasteiger partial charge in [-0.25, -0.2) is 0 Å². The Labute approximate surface area is 140 Å². The molecule has 0 fully saturated rings. The summed E-state index contributed by atoms with van der Waals surface area (Å²) < 4.78 is 5.90. The molecule has 0 saturated heterocycles. The van der Waals surface area contributed by atoms with Crippen LogP contribution >= 0.6 is 27.5 Å². The van der Waals surface area contributed by atoms with Crippen molar-refractivity contribution in [2.75, 3.05) is 11.9 Å². The minimum atomic E-state index is 0.773. The maximum absolute atomic E-state index is 6.21. The molecular weight excluding hydrogens is 348 g/mol. The number of alkyl halides is 1. The standard InChI is InChI=1S/C18H20BrClO/c19-13-5-6-14-21-18-10-4-2-8-16(18)12-11-15-7-1-3-9-17(15)20/h1-4,7-10H,5-6,11-14H2. The maximum atomic E-state index is 6.21. The Balaban J connectivity index is 1.95. The van der Waals surface area contributed by atoms with Gasteiger partial charge < -0.3 is 4.74 Å². The van der Waals surface area contributed by atoms with Crippen LogP contribution in [0.2, 0.25) is 5.02 Å². The molecule has 0 aliphatic rings. The predicted octanol–water partition coefficient (Wildman–Crippen LogP) is 5.68. The van der Waals surface area contributed by atoms with Crippen molar-refractivity contribution in [3.05, 3.63) is 64.7 Å². The molecule has 0 spiro atoms. The molecular formula is C18H20BrClO. The van der Waals surface area contributed by atoms with Gasteiger partial charge in [0.2, 0.25) is 0 Å². The van der Waals surface area contributed by atoms with E-state index in [2.05, 4.69) is 40.2 Å². The molecule has 0 heterocycles. The fourth-order valence-corrected chi connectivity index (χ4v) is 2.83. The quantitative estimate of drug-likeness (QED) is 0.431. The predicted molar refractivity (Wildman–Crippen MR) is 93.8 cm³/mol. The van der Waals surface area contributed by atoms with Crippen molar-refractivity contribution >= 4 is 27.5 Å². The van der Waals surface area contributed by atoms with Gasteiger partial charge in [0.15, 0.2) is 0 Å². The van der Waals surface area contributed by atoms with Crippen LogP contribution in [0.1, 0.15) is 24.0 Å². The molecule has 2 rings (SSSR count). The normalized spacial score (nSPS) is 10.6. The molecule has 0 radical (unpaired) electrons. The van der Waals surface area contributed by atoms with E-state index in [-0.39, 0.29) is 0 Å². The van der Waals surface area contributed by atoms with E-state index in [0.29, 0.717) is 0 Å². The van der Waals surface area contributed by atoms with Gasteiger partial charge >= 0.3 is 0 Å². The second-order valence-electron chi connectivity index (χ2n) is 4.94. The smallest absolute Gasteiger partial charge is 0.122 e. The third kappa shape index (κ3) is 5.37. The number of aryl methyl sites for hydroxylation is 2. The summed E-state index contributed by atoms with van der Waals surface area (Å²) in [5.74, 6) is 0.999. The molecule has 112 valence electrons. The van der Waals surface area contributed by atoms with Crippen LogP contribution < -0.4 is 4.74 Å². The van der Waals surface area contributed by atoms with E-state index in [0.717, 1.165) is 48.4 Å². The molecule has 3 heteroatoms. The summed E-state index contributed by atoms with van der Waals surface area (Å²) in [6.07, 6.45) is 4.09. The average molecular weight is 368 g/mol. The van der Waals surface area contributed by atoms with Crippen molar-refractivity contribution in [2.45, 2.75) is 25.7 Å². The summed E-state index contributed by atoms with van der Waals surface area (Å²) >= 11 is 9.65. The van der Waals surface area contributed by atoms with Crippen LogP contribution in [0, 0.1) is 0 Å². The fourth-order valence-electron chi connectivity index (χ4n) is 2.20. The van der Waals surface area contributed by atoms with E-state index in [9.17, 15) is 0 Å². The van der Waals surface area contributed by atoms with Gasteiger partial charge in [-0.05, 0) is 48.9 Å². The van der Waals surface area contributed by atoms with Crippen LogP contribution in [-0.2, 0) is 12.8 Å². The summed E-state index contributed by atoms with van der Waals surface area (Å²) in [6.45, 7) is 0.773. The van der Waals surface area contributed by atoms with Gasteiger partial charge in [0.1, 0.15) is 5.75 Å². The highest BCUT2D eigenvalue weighted by Crippen LogP contribution is 2.22. The zero-order valence-electron chi connectivity index (χ0n) is 12.0. The SMILES string of the molecule is Clc1ccccc1CCc1ccccc1OCCCCBr. The second kappa shape index (κ2) is 9.11. The molecule has 0 amide bonds. The Kier molecular flexibility index (Phi) is 7.11. The summed E-state index contributed by atoms with van der Waals surface area (Å²) in [7, 11) is 0. The van der Waals surface area contributed by atoms with Gasteiger partial charge in [0.25, 0.3) is 0 Å². The first kappa shape index (κ1) is 16.4. The number of rotatable bonds is 8. The highest BCUT2D eigenvalue weighted by molar-refractivity contribution is 9.09. The first-order valence-electron chi connectivity index (χ1n) is 7.31. The molecule has 0 unspecified atom stereocenters. The van der Waals surface area contributed by atoms with E-state index in [4.69, 9.17) is 16.3 Å². The lowest BCUT2D eigenvalue weighted by Gasteiger charge is -2.11. The molecule has 21 heavy (non-hydrogen) atoms. The number of unbranched alkanes of at least 4 members (excludes halogenated alkanes) is 1. The lowest BCUT2D eigenvalue weighted by Crippen LogP contribution is -2.01. The van der Waals surface area contributed by atoms with Crippen molar-refractivity contribution in [2.24, 2.45) is 0 Å². The van der Waals surface area contributed by atoms with E-state index >= 15 is 0 Å². The van der Waals surface area contributed by atoms with Crippen molar-refractivity contribution in [3.63, 3.8) is 0 Å². The molecule has 1 nitrogen and oxygen atoms in total. The molecule has 0 atom stereocenters. The number of hydrogen-bond donors (Lipinski definition) is 0. The zero-order valence-corrected chi connectivity index (χ0v) is 14.4. The van der Waals surface area contributed by atoms with Gasteiger partial charge in [0, 0.05) is 10.4 Å². The Bertz CT molecular complexity index is 556. The fraction of sp³-hybridized carbons (Fsp3) is 0.333. The number of ether oxygens (including phenoxy) is 1. The van der Waals surface area contributed by atoms with Crippen LogP contribution in [0.15, 0.2) is 48.5 Å². The molecule has 0 aromatic heterocycles. The highest BCUT2D eigenvalue weighted by Gasteiger charge is 2.05. The van der Waals surface area contributed by atoms with Crippen LogP contribution in [0.5, 0.6) is 5.75 Å². The largest absolute Gasteiger partial charge is 0.493 e. The van der Waals surface area contributed by atoms with Crippen LogP contribution in [0.3, 0.4) is 0 Å². The second-order valence-corrected chi connectivity index (χ2v) is 6.14.